The first-order valence-corrected chi connectivity index (χ1v) is 6.58. The molecule has 1 aliphatic rings. The molecule has 0 bridgehead atoms. The zero-order valence-electron chi connectivity index (χ0n) is 11.0. The monoisotopic (exact) mass is 260 g/mol. The van der Waals surface area contributed by atoms with E-state index in [0.29, 0.717) is 11.1 Å². The van der Waals surface area contributed by atoms with E-state index >= 15 is 4.39 Å². The van der Waals surface area contributed by atoms with Crippen LogP contribution in [0.5, 0.6) is 0 Å². The summed E-state index contributed by atoms with van der Waals surface area (Å²) in [5, 5.41) is 18.9. The molecule has 0 radical (unpaired) electrons. The van der Waals surface area contributed by atoms with Gasteiger partial charge in [-0.05, 0) is 17.6 Å². The quantitative estimate of drug-likeness (QED) is 0.817. The maximum Gasteiger partial charge on any atom is 0.496 e. The Morgan fingerprint density at radius 3 is 2.47 bits per heavy atom. The SMILES string of the molecule is CCCC1=CC=C(c2ccccc2)C(F)(B(O)O)C1. The van der Waals surface area contributed by atoms with Crippen LogP contribution in [-0.4, -0.2) is 22.7 Å². The Balaban J connectivity index is 2.42. The van der Waals surface area contributed by atoms with Crippen molar-refractivity contribution in [2.45, 2.75) is 31.8 Å². The Morgan fingerprint density at radius 1 is 1.21 bits per heavy atom. The summed E-state index contributed by atoms with van der Waals surface area (Å²) in [6, 6.07) is 9.03. The highest BCUT2D eigenvalue weighted by atomic mass is 19.1. The zero-order chi connectivity index (χ0) is 13.9. The van der Waals surface area contributed by atoms with E-state index in [1.165, 1.54) is 0 Å². The van der Waals surface area contributed by atoms with Gasteiger partial charge in [0, 0.05) is 6.42 Å². The second-order valence-electron chi connectivity index (χ2n) is 4.93. The number of hydrogen-bond acceptors (Lipinski definition) is 2. The highest BCUT2D eigenvalue weighted by Crippen LogP contribution is 2.41. The molecular weight excluding hydrogens is 242 g/mol. The van der Waals surface area contributed by atoms with Crippen LogP contribution in [0.1, 0.15) is 31.7 Å². The number of rotatable bonds is 4. The van der Waals surface area contributed by atoms with Crippen LogP contribution in [0.2, 0.25) is 0 Å². The average Bonchev–Trinajstić information content (AvgIpc) is 2.40. The van der Waals surface area contributed by atoms with Crippen LogP contribution in [0.4, 0.5) is 4.39 Å². The number of benzene rings is 1. The van der Waals surface area contributed by atoms with Gasteiger partial charge in [-0.2, -0.15) is 0 Å². The highest BCUT2D eigenvalue weighted by molar-refractivity contribution is 6.49. The van der Waals surface area contributed by atoms with Crippen LogP contribution in [0, 0.1) is 0 Å². The standard InChI is InChI=1S/C15H18BFO2/c1-2-6-12-9-10-14(13-7-4-3-5-8-13)15(17,11-12)16(18)19/h3-5,7-10,18-19H,2,6,11H2,1H3. The topological polar surface area (TPSA) is 40.5 Å². The molecule has 1 atom stereocenters. The molecule has 2 nitrogen and oxygen atoms in total. The minimum Gasteiger partial charge on any atom is -0.425 e. The normalized spacial score (nSPS) is 22.7. The Labute approximate surface area is 113 Å². The Morgan fingerprint density at radius 2 is 1.89 bits per heavy atom. The van der Waals surface area contributed by atoms with Crippen LogP contribution in [0.25, 0.3) is 5.57 Å². The van der Waals surface area contributed by atoms with E-state index < -0.39 is 12.7 Å². The average molecular weight is 260 g/mol. The van der Waals surface area contributed by atoms with Gasteiger partial charge in [-0.25, -0.2) is 4.39 Å². The molecule has 0 amide bonds. The summed E-state index contributed by atoms with van der Waals surface area (Å²) in [4.78, 5) is 0. The fourth-order valence-corrected chi connectivity index (χ4v) is 2.50. The zero-order valence-corrected chi connectivity index (χ0v) is 11.0. The van der Waals surface area contributed by atoms with Crippen LogP contribution in [-0.2, 0) is 0 Å². The molecule has 4 heteroatoms. The van der Waals surface area contributed by atoms with Crippen molar-refractivity contribution < 1.29 is 14.4 Å². The molecule has 2 rings (SSSR count). The van der Waals surface area contributed by atoms with Crippen LogP contribution in [0.15, 0.2) is 48.1 Å². The van der Waals surface area contributed by atoms with Gasteiger partial charge < -0.3 is 10.0 Å². The van der Waals surface area contributed by atoms with Gasteiger partial charge in [0.1, 0.15) is 0 Å². The summed E-state index contributed by atoms with van der Waals surface area (Å²) >= 11 is 0. The molecule has 1 aromatic rings. The van der Waals surface area contributed by atoms with E-state index in [2.05, 4.69) is 0 Å². The van der Waals surface area contributed by atoms with E-state index in [0.717, 1.165) is 18.4 Å². The highest BCUT2D eigenvalue weighted by Gasteiger charge is 2.48. The fraction of sp³-hybridized carbons (Fsp3) is 0.333. The molecule has 1 unspecified atom stereocenters. The summed E-state index contributed by atoms with van der Waals surface area (Å²) < 4.78 is 15.0. The second-order valence-corrected chi connectivity index (χ2v) is 4.93. The molecule has 0 aromatic heterocycles. The minimum absolute atomic E-state index is 0.0409. The maximum atomic E-state index is 15.0. The molecule has 1 aliphatic carbocycles. The molecule has 19 heavy (non-hydrogen) atoms. The van der Waals surface area contributed by atoms with Crippen molar-refractivity contribution in [1.82, 2.24) is 0 Å². The summed E-state index contributed by atoms with van der Waals surface area (Å²) in [6.07, 6.45) is 5.30. The van der Waals surface area contributed by atoms with Gasteiger partial charge in [-0.15, -0.1) is 0 Å². The Bertz CT molecular complexity index is 496. The van der Waals surface area contributed by atoms with E-state index in [1.807, 2.05) is 31.2 Å². The molecular formula is C15H18BFO2. The minimum atomic E-state index is -2.12. The van der Waals surface area contributed by atoms with Gasteiger partial charge in [0.15, 0.2) is 5.57 Å². The van der Waals surface area contributed by atoms with Crippen molar-refractivity contribution in [2.24, 2.45) is 0 Å². The molecule has 0 spiro atoms. The molecule has 0 saturated carbocycles. The summed E-state index contributed by atoms with van der Waals surface area (Å²) in [6.45, 7) is 2.02. The van der Waals surface area contributed by atoms with Crippen LogP contribution >= 0.6 is 0 Å². The first-order chi connectivity index (χ1) is 9.08. The predicted molar refractivity (Wildman–Crippen MR) is 76.1 cm³/mol. The Hall–Kier alpha value is -1.39. The predicted octanol–water partition coefficient (Wildman–Crippen LogP) is 2.92. The first-order valence-electron chi connectivity index (χ1n) is 6.58. The number of hydrogen-bond donors (Lipinski definition) is 2. The molecule has 1 aromatic carbocycles. The van der Waals surface area contributed by atoms with E-state index in [9.17, 15) is 10.0 Å². The van der Waals surface area contributed by atoms with Gasteiger partial charge in [0.25, 0.3) is 0 Å². The third-order valence-corrected chi connectivity index (χ3v) is 3.48. The van der Waals surface area contributed by atoms with Gasteiger partial charge >= 0.3 is 7.12 Å². The largest absolute Gasteiger partial charge is 0.496 e. The summed E-state index contributed by atoms with van der Waals surface area (Å²) in [7, 11) is -2.01. The molecule has 0 aliphatic heterocycles. The smallest absolute Gasteiger partial charge is 0.425 e. The molecule has 0 heterocycles. The van der Waals surface area contributed by atoms with E-state index in [4.69, 9.17) is 0 Å². The van der Waals surface area contributed by atoms with Crippen molar-refractivity contribution in [3.8, 4) is 0 Å². The molecule has 2 N–H and O–H groups in total. The lowest BCUT2D eigenvalue weighted by Crippen LogP contribution is -2.44. The second kappa shape index (κ2) is 5.72. The molecule has 0 fully saturated rings. The van der Waals surface area contributed by atoms with E-state index in [-0.39, 0.29) is 6.42 Å². The lowest BCUT2D eigenvalue weighted by molar-refractivity contribution is 0.249. The summed E-state index contributed by atoms with van der Waals surface area (Å²) in [5.74, 6) is 0. The van der Waals surface area contributed by atoms with Crippen molar-refractivity contribution in [1.29, 1.82) is 0 Å². The van der Waals surface area contributed by atoms with Gasteiger partial charge in [-0.3, -0.25) is 0 Å². The van der Waals surface area contributed by atoms with Crippen molar-refractivity contribution in [3.05, 3.63) is 53.6 Å². The lowest BCUT2D eigenvalue weighted by Gasteiger charge is -2.31. The lowest BCUT2D eigenvalue weighted by atomic mass is 9.59. The van der Waals surface area contributed by atoms with Crippen molar-refractivity contribution in [3.63, 3.8) is 0 Å². The van der Waals surface area contributed by atoms with Crippen LogP contribution in [0.3, 0.4) is 0 Å². The van der Waals surface area contributed by atoms with Crippen LogP contribution < -0.4 is 0 Å². The van der Waals surface area contributed by atoms with E-state index in [1.54, 1.807) is 18.2 Å². The maximum absolute atomic E-state index is 15.0. The van der Waals surface area contributed by atoms with Gasteiger partial charge in [0.05, 0.1) is 0 Å². The number of alkyl halides is 1. The molecule has 0 saturated heterocycles. The fourth-order valence-electron chi connectivity index (χ4n) is 2.50. The summed E-state index contributed by atoms with van der Waals surface area (Å²) in [5.41, 5.74) is -0.189. The number of halogens is 1. The van der Waals surface area contributed by atoms with Gasteiger partial charge in [-0.1, -0.05) is 61.4 Å². The van der Waals surface area contributed by atoms with Crippen molar-refractivity contribution >= 4 is 12.7 Å². The number of allylic oxidation sites excluding steroid dienone is 4. The Kier molecular flexibility index (Phi) is 4.22. The molecule has 100 valence electrons. The van der Waals surface area contributed by atoms with Crippen molar-refractivity contribution in [2.75, 3.05) is 0 Å². The van der Waals surface area contributed by atoms with Gasteiger partial charge in [0.2, 0.25) is 0 Å². The third kappa shape index (κ3) is 2.80. The first kappa shape index (κ1) is 14.0. The third-order valence-electron chi connectivity index (χ3n) is 3.48.